The lowest BCUT2D eigenvalue weighted by Crippen LogP contribution is -2.49. The lowest BCUT2D eigenvalue weighted by molar-refractivity contribution is 0.193. The lowest BCUT2D eigenvalue weighted by atomic mass is 10.0. The number of benzene rings is 1. The van der Waals surface area contributed by atoms with Gasteiger partial charge in [-0.2, -0.15) is 5.10 Å². The van der Waals surface area contributed by atoms with E-state index in [2.05, 4.69) is 74.1 Å². The predicted octanol–water partition coefficient (Wildman–Crippen LogP) is 4.84. The van der Waals surface area contributed by atoms with E-state index in [1.54, 1.807) is 0 Å². The van der Waals surface area contributed by atoms with Crippen molar-refractivity contribution in [3.63, 3.8) is 0 Å². The first-order valence-electron chi connectivity index (χ1n) is 12.3. The van der Waals surface area contributed by atoms with E-state index in [0.29, 0.717) is 13.1 Å². The van der Waals surface area contributed by atoms with E-state index >= 15 is 0 Å². The highest BCUT2D eigenvalue weighted by atomic mass is 16.2. The van der Waals surface area contributed by atoms with Crippen molar-refractivity contribution in [3.8, 4) is 0 Å². The molecule has 2 amide bonds. The molecule has 5 rings (SSSR count). The van der Waals surface area contributed by atoms with Gasteiger partial charge >= 0.3 is 6.03 Å². The standard InChI is InChI=1S/C27H34N8O/c1-27(2,3)32-26(36)35-10-7-17(8-11-35)23-14-21-22(6-9-28-25(21)31-23)30-20-12-18-15-29-33-24(18)19(13-20)16-34(4)5/h6-7,9,12-15H,8,10-11,16H2,1-5H3,(H,29,33)(H,32,36)(H2,28,30,31). The number of aromatic nitrogens is 4. The summed E-state index contributed by atoms with van der Waals surface area (Å²) in [6, 6.07) is 8.41. The Labute approximate surface area is 211 Å². The number of carbonyl (C=O) groups excluding carboxylic acids is 1. The molecule has 9 heteroatoms. The lowest BCUT2D eigenvalue weighted by Gasteiger charge is -2.30. The van der Waals surface area contributed by atoms with Crippen molar-refractivity contribution in [2.45, 2.75) is 39.3 Å². The Morgan fingerprint density at radius 1 is 1.22 bits per heavy atom. The Morgan fingerprint density at radius 2 is 2.06 bits per heavy atom. The summed E-state index contributed by atoms with van der Waals surface area (Å²) in [5.74, 6) is 0. The first-order chi connectivity index (χ1) is 17.2. The van der Waals surface area contributed by atoms with Crippen LogP contribution < -0.4 is 10.6 Å². The number of nitrogens with zero attached hydrogens (tertiary/aromatic N) is 4. The van der Waals surface area contributed by atoms with Crippen molar-refractivity contribution in [2.75, 3.05) is 32.5 Å². The van der Waals surface area contributed by atoms with Crippen molar-refractivity contribution in [1.29, 1.82) is 0 Å². The van der Waals surface area contributed by atoms with Gasteiger partial charge in [0.1, 0.15) is 5.65 Å². The summed E-state index contributed by atoms with van der Waals surface area (Å²) in [4.78, 5) is 24.5. The second-order valence-corrected chi connectivity index (χ2v) is 10.7. The van der Waals surface area contributed by atoms with Crippen molar-refractivity contribution in [1.82, 2.24) is 35.3 Å². The number of hydrogen-bond acceptors (Lipinski definition) is 5. The summed E-state index contributed by atoms with van der Waals surface area (Å²) in [5, 5.41) is 16.1. The topological polar surface area (TPSA) is 105 Å². The highest BCUT2D eigenvalue weighted by Gasteiger charge is 2.22. The minimum absolute atomic E-state index is 0.0224. The largest absolute Gasteiger partial charge is 0.355 e. The summed E-state index contributed by atoms with van der Waals surface area (Å²) in [7, 11) is 4.12. The zero-order valence-corrected chi connectivity index (χ0v) is 21.6. The number of pyridine rings is 1. The van der Waals surface area contributed by atoms with Crippen LogP contribution >= 0.6 is 0 Å². The van der Waals surface area contributed by atoms with Crippen molar-refractivity contribution in [3.05, 3.63) is 54.0 Å². The summed E-state index contributed by atoms with van der Waals surface area (Å²) in [6.07, 6.45) is 6.59. The maximum atomic E-state index is 12.5. The molecule has 0 spiro atoms. The van der Waals surface area contributed by atoms with Gasteiger partial charge in [-0.3, -0.25) is 5.10 Å². The molecule has 0 bridgehead atoms. The number of amides is 2. The third kappa shape index (κ3) is 5.06. The van der Waals surface area contributed by atoms with Gasteiger partial charge in [-0.25, -0.2) is 9.78 Å². The quantitative estimate of drug-likeness (QED) is 0.323. The SMILES string of the molecule is CN(C)Cc1cc(Nc2ccnc3[nH]c(C4=CCN(C(=O)NC(C)(C)C)CC4)cc23)cc2cn[nH]c12. The molecule has 3 aromatic heterocycles. The highest BCUT2D eigenvalue weighted by Crippen LogP contribution is 2.32. The molecule has 0 saturated carbocycles. The molecule has 0 unspecified atom stereocenters. The molecular weight excluding hydrogens is 452 g/mol. The highest BCUT2D eigenvalue weighted by molar-refractivity contribution is 5.95. The number of urea groups is 1. The Morgan fingerprint density at radius 3 is 2.78 bits per heavy atom. The van der Waals surface area contributed by atoms with Crippen molar-refractivity contribution >= 4 is 44.9 Å². The van der Waals surface area contributed by atoms with Crippen molar-refractivity contribution in [2.24, 2.45) is 0 Å². The monoisotopic (exact) mass is 486 g/mol. The summed E-state index contributed by atoms with van der Waals surface area (Å²) < 4.78 is 0. The van der Waals surface area contributed by atoms with Crippen LogP contribution in [-0.2, 0) is 6.54 Å². The van der Waals surface area contributed by atoms with Crippen LogP contribution in [0.3, 0.4) is 0 Å². The molecule has 1 aliphatic heterocycles. The first kappa shape index (κ1) is 23.9. The number of aromatic amines is 2. The second kappa shape index (κ2) is 9.31. The van der Waals surface area contributed by atoms with Crippen LogP contribution in [0.2, 0.25) is 0 Å². The fourth-order valence-corrected chi connectivity index (χ4v) is 4.63. The van der Waals surface area contributed by atoms with Crippen LogP contribution in [0.1, 0.15) is 38.4 Å². The van der Waals surface area contributed by atoms with E-state index in [-0.39, 0.29) is 11.6 Å². The van der Waals surface area contributed by atoms with Gasteiger partial charge in [0.05, 0.1) is 17.4 Å². The summed E-state index contributed by atoms with van der Waals surface area (Å²) >= 11 is 0. The van der Waals surface area contributed by atoms with E-state index in [9.17, 15) is 4.79 Å². The van der Waals surface area contributed by atoms with Gasteiger partial charge < -0.3 is 25.4 Å². The van der Waals surface area contributed by atoms with Gasteiger partial charge in [0.2, 0.25) is 0 Å². The molecule has 9 nitrogen and oxygen atoms in total. The molecule has 4 heterocycles. The second-order valence-electron chi connectivity index (χ2n) is 10.7. The molecule has 4 aromatic rings. The number of H-pyrrole nitrogens is 2. The van der Waals surface area contributed by atoms with E-state index in [1.165, 1.54) is 11.1 Å². The molecule has 0 atom stereocenters. The molecule has 36 heavy (non-hydrogen) atoms. The Bertz CT molecular complexity index is 1440. The minimum atomic E-state index is -0.247. The maximum absolute atomic E-state index is 12.5. The van der Waals surface area contributed by atoms with Gasteiger partial charge in [0.25, 0.3) is 0 Å². The van der Waals surface area contributed by atoms with Gasteiger partial charge in [-0.15, -0.1) is 0 Å². The van der Waals surface area contributed by atoms with Crippen LogP contribution in [0.15, 0.2) is 42.7 Å². The fourth-order valence-electron chi connectivity index (χ4n) is 4.63. The maximum Gasteiger partial charge on any atom is 0.318 e. The van der Waals surface area contributed by atoms with Crippen LogP contribution in [0.5, 0.6) is 0 Å². The van der Waals surface area contributed by atoms with Crippen molar-refractivity contribution < 1.29 is 4.79 Å². The molecule has 0 fully saturated rings. The smallest absolute Gasteiger partial charge is 0.318 e. The number of carbonyl (C=O) groups is 1. The average molecular weight is 487 g/mol. The number of anilines is 2. The van der Waals surface area contributed by atoms with Crippen LogP contribution in [-0.4, -0.2) is 68.7 Å². The van der Waals surface area contributed by atoms with E-state index in [1.807, 2.05) is 44.1 Å². The summed E-state index contributed by atoms with van der Waals surface area (Å²) in [6.45, 7) is 8.07. The van der Waals surface area contributed by atoms with E-state index in [4.69, 9.17) is 0 Å². The Hall–Kier alpha value is -3.85. The molecule has 0 saturated heterocycles. The minimum Gasteiger partial charge on any atom is -0.355 e. The normalized spacial score (nSPS) is 14.5. The zero-order valence-electron chi connectivity index (χ0n) is 21.6. The van der Waals surface area contributed by atoms with Crippen LogP contribution in [0.4, 0.5) is 16.2 Å². The number of fused-ring (bicyclic) bond motifs is 2. The average Bonchev–Trinajstić information content (AvgIpc) is 3.45. The fraction of sp³-hybridized carbons (Fsp3) is 0.370. The third-order valence-corrected chi connectivity index (χ3v) is 6.25. The van der Waals surface area contributed by atoms with E-state index < -0.39 is 0 Å². The van der Waals surface area contributed by atoms with Crippen LogP contribution in [0.25, 0.3) is 27.5 Å². The molecule has 0 radical (unpaired) electrons. The molecular formula is C27H34N8O. The number of nitrogens with one attached hydrogen (secondary N) is 4. The van der Waals surface area contributed by atoms with Gasteiger partial charge in [0.15, 0.2) is 0 Å². The third-order valence-electron chi connectivity index (χ3n) is 6.25. The number of rotatable bonds is 5. The molecule has 1 aliphatic rings. The van der Waals surface area contributed by atoms with Crippen LogP contribution in [0, 0.1) is 0 Å². The Kier molecular flexibility index (Phi) is 6.17. The number of hydrogen-bond donors (Lipinski definition) is 4. The summed E-state index contributed by atoms with van der Waals surface area (Å²) in [5.41, 5.74) is 7.08. The Balaban J connectivity index is 1.39. The predicted molar refractivity (Wildman–Crippen MR) is 145 cm³/mol. The molecule has 1 aromatic carbocycles. The van der Waals surface area contributed by atoms with Gasteiger partial charge in [-0.1, -0.05) is 6.08 Å². The molecule has 188 valence electrons. The first-order valence-corrected chi connectivity index (χ1v) is 12.3. The molecule has 4 N–H and O–H groups in total. The van der Waals surface area contributed by atoms with Gasteiger partial charge in [0, 0.05) is 53.5 Å². The molecule has 0 aliphatic carbocycles. The zero-order chi connectivity index (χ0) is 25.4. The van der Waals surface area contributed by atoms with Gasteiger partial charge in [-0.05, 0) is 76.7 Å². The van der Waals surface area contributed by atoms with E-state index in [0.717, 1.165) is 52.0 Å².